The number of nitrogens with one attached hydrogen (secondary N) is 1. The highest BCUT2D eigenvalue weighted by Crippen LogP contribution is 2.10. The van der Waals surface area contributed by atoms with Gasteiger partial charge in [-0.05, 0) is 36.8 Å². The van der Waals surface area contributed by atoms with Gasteiger partial charge in [0.25, 0.3) is 5.91 Å². The van der Waals surface area contributed by atoms with Gasteiger partial charge in [-0.15, -0.1) is 0 Å². The lowest BCUT2D eigenvalue weighted by Crippen LogP contribution is -2.14. The molecule has 5 heteroatoms. The quantitative estimate of drug-likeness (QED) is 0.841. The Morgan fingerprint density at radius 3 is 2.76 bits per heavy atom. The first-order chi connectivity index (χ1) is 10.2. The van der Waals surface area contributed by atoms with Gasteiger partial charge in [0.2, 0.25) is 5.95 Å². The Morgan fingerprint density at radius 1 is 1.29 bits per heavy atom. The van der Waals surface area contributed by atoms with Gasteiger partial charge in [0.1, 0.15) is 0 Å². The van der Waals surface area contributed by atoms with E-state index in [0.29, 0.717) is 12.0 Å². The van der Waals surface area contributed by atoms with Crippen LogP contribution in [0.25, 0.3) is 0 Å². The Kier molecular flexibility index (Phi) is 5.02. The van der Waals surface area contributed by atoms with Crippen molar-refractivity contribution in [2.75, 3.05) is 11.9 Å². The maximum atomic E-state index is 12.2. The van der Waals surface area contributed by atoms with Gasteiger partial charge < -0.3 is 5.11 Å². The number of amides is 1. The SMILES string of the molecule is Cc1cc(C#CCCO)cc(C(=O)Nc2ncccn2)c1. The van der Waals surface area contributed by atoms with Gasteiger partial charge in [-0.1, -0.05) is 11.8 Å². The van der Waals surface area contributed by atoms with Gasteiger partial charge in [0, 0.05) is 29.9 Å². The van der Waals surface area contributed by atoms with Crippen LogP contribution in [-0.2, 0) is 0 Å². The third-order valence-corrected chi connectivity index (χ3v) is 2.60. The van der Waals surface area contributed by atoms with E-state index in [1.165, 1.54) is 0 Å². The normalized spacial score (nSPS) is 9.62. The highest BCUT2D eigenvalue weighted by Gasteiger charge is 2.08. The smallest absolute Gasteiger partial charge is 0.258 e. The van der Waals surface area contributed by atoms with Crippen molar-refractivity contribution < 1.29 is 9.90 Å². The van der Waals surface area contributed by atoms with Crippen molar-refractivity contribution in [1.29, 1.82) is 0 Å². The average Bonchev–Trinajstić information content (AvgIpc) is 2.48. The van der Waals surface area contributed by atoms with E-state index >= 15 is 0 Å². The number of nitrogens with zero attached hydrogens (tertiary/aromatic N) is 2. The summed E-state index contributed by atoms with van der Waals surface area (Å²) in [5, 5.41) is 11.4. The Morgan fingerprint density at radius 2 is 2.05 bits per heavy atom. The number of anilines is 1. The van der Waals surface area contributed by atoms with Gasteiger partial charge in [-0.2, -0.15) is 0 Å². The fourth-order valence-electron chi connectivity index (χ4n) is 1.74. The minimum Gasteiger partial charge on any atom is -0.395 e. The summed E-state index contributed by atoms with van der Waals surface area (Å²) in [6, 6.07) is 7.04. The number of aliphatic hydroxyl groups is 1. The molecule has 106 valence electrons. The molecule has 0 aliphatic rings. The molecule has 2 N–H and O–H groups in total. The molecule has 21 heavy (non-hydrogen) atoms. The molecule has 1 aromatic carbocycles. The Bertz CT molecular complexity index is 688. The first-order valence-corrected chi connectivity index (χ1v) is 6.49. The fraction of sp³-hybridized carbons (Fsp3) is 0.188. The van der Waals surface area contributed by atoms with Gasteiger partial charge >= 0.3 is 0 Å². The Labute approximate surface area is 123 Å². The lowest BCUT2D eigenvalue weighted by Gasteiger charge is -2.05. The fourth-order valence-corrected chi connectivity index (χ4v) is 1.74. The summed E-state index contributed by atoms with van der Waals surface area (Å²) in [5.74, 6) is 5.74. The number of carbonyl (C=O) groups is 1. The van der Waals surface area contributed by atoms with E-state index in [2.05, 4.69) is 27.1 Å². The molecule has 0 aliphatic heterocycles. The molecule has 0 unspecified atom stereocenters. The van der Waals surface area contributed by atoms with Crippen molar-refractivity contribution in [1.82, 2.24) is 9.97 Å². The predicted octanol–water partition coefficient (Wildman–Crippen LogP) is 1.77. The molecule has 2 rings (SSSR count). The predicted molar refractivity (Wildman–Crippen MR) is 79.7 cm³/mol. The molecule has 1 aromatic heterocycles. The van der Waals surface area contributed by atoms with Crippen molar-refractivity contribution in [2.24, 2.45) is 0 Å². The molecule has 1 heterocycles. The van der Waals surface area contributed by atoms with E-state index < -0.39 is 0 Å². The first-order valence-electron chi connectivity index (χ1n) is 6.49. The minimum atomic E-state index is -0.282. The molecular weight excluding hydrogens is 266 g/mol. The second-order valence-electron chi connectivity index (χ2n) is 4.39. The number of carbonyl (C=O) groups excluding carboxylic acids is 1. The van der Waals surface area contributed by atoms with Crippen molar-refractivity contribution in [3.05, 3.63) is 53.3 Å². The monoisotopic (exact) mass is 281 g/mol. The minimum absolute atomic E-state index is 0.0253. The van der Waals surface area contributed by atoms with Crippen LogP contribution in [-0.4, -0.2) is 27.6 Å². The van der Waals surface area contributed by atoms with Crippen molar-refractivity contribution in [3.8, 4) is 11.8 Å². The van der Waals surface area contributed by atoms with Gasteiger partial charge in [-0.3, -0.25) is 10.1 Å². The van der Waals surface area contributed by atoms with Crippen LogP contribution in [0.2, 0.25) is 0 Å². The molecule has 0 aliphatic carbocycles. The van der Waals surface area contributed by atoms with E-state index in [9.17, 15) is 4.79 Å². The molecule has 0 spiro atoms. The summed E-state index contributed by atoms with van der Waals surface area (Å²) in [6.07, 6.45) is 3.53. The highest BCUT2D eigenvalue weighted by molar-refractivity contribution is 6.03. The highest BCUT2D eigenvalue weighted by atomic mass is 16.2. The van der Waals surface area contributed by atoms with Gasteiger partial charge in [-0.25, -0.2) is 9.97 Å². The molecule has 0 radical (unpaired) electrons. The van der Waals surface area contributed by atoms with Crippen LogP contribution in [0, 0.1) is 18.8 Å². The van der Waals surface area contributed by atoms with Gasteiger partial charge in [0.05, 0.1) is 6.61 Å². The molecular formula is C16H15N3O2. The molecule has 0 bridgehead atoms. The van der Waals surface area contributed by atoms with E-state index in [-0.39, 0.29) is 18.5 Å². The summed E-state index contributed by atoms with van der Waals surface area (Å²) >= 11 is 0. The zero-order chi connectivity index (χ0) is 15.1. The molecule has 0 saturated carbocycles. The summed E-state index contributed by atoms with van der Waals surface area (Å²) in [7, 11) is 0. The summed E-state index contributed by atoms with van der Waals surface area (Å²) < 4.78 is 0. The maximum Gasteiger partial charge on any atom is 0.258 e. The molecule has 2 aromatic rings. The second kappa shape index (κ2) is 7.17. The van der Waals surface area contributed by atoms with Crippen molar-refractivity contribution in [2.45, 2.75) is 13.3 Å². The number of benzene rings is 1. The third-order valence-electron chi connectivity index (χ3n) is 2.60. The third kappa shape index (κ3) is 4.41. The lowest BCUT2D eigenvalue weighted by atomic mass is 10.1. The number of hydrogen-bond acceptors (Lipinski definition) is 4. The number of hydrogen-bond donors (Lipinski definition) is 2. The molecule has 0 atom stereocenters. The van der Waals surface area contributed by atoms with Crippen LogP contribution in [0.3, 0.4) is 0 Å². The molecule has 0 saturated heterocycles. The topological polar surface area (TPSA) is 75.1 Å². The number of aromatic nitrogens is 2. The Balaban J connectivity index is 2.19. The zero-order valence-corrected chi connectivity index (χ0v) is 11.6. The second-order valence-corrected chi connectivity index (χ2v) is 4.39. The lowest BCUT2D eigenvalue weighted by molar-refractivity contribution is 0.102. The van der Waals surface area contributed by atoms with Crippen LogP contribution in [0.5, 0.6) is 0 Å². The summed E-state index contributed by atoms with van der Waals surface area (Å²) in [5.41, 5.74) is 2.17. The molecule has 5 nitrogen and oxygen atoms in total. The number of aryl methyl sites for hydroxylation is 1. The van der Waals surface area contributed by atoms with E-state index in [1.54, 1.807) is 30.6 Å². The summed E-state index contributed by atoms with van der Waals surface area (Å²) in [4.78, 5) is 20.1. The van der Waals surface area contributed by atoms with Crippen LogP contribution in [0.1, 0.15) is 27.9 Å². The van der Waals surface area contributed by atoms with E-state index in [0.717, 1.165) is 11.1 Å². The van der Waals surface area contributed by atoms with Crippen LogP contribution < -0.4 is 5.32 Å². The Hall–Kier alpha value is -2.71. The maximum absolute atomic E-state index is 12.2. The van der Waals surface area contributed by atoms with Crippen LogP contribution in [0.4, 0.5) is 5.95 Å². The van der Waals surface area contributed by atoms with E-state index in [4.69, 9.17) is 5.11 Å². The molecule has 0 fully saturated rings. The van der Waals surface area contributed by atoms with Gasteiger partial charge in [0.15, 0.2) is 0 Å². The molecule has 1 amide bonds. The van der Waals surface area contributed by atoms with E-state index in [1.807, 2.05) is 13.0 Å². The average molecular weight is 281 g/mol. The largest absolute Gasteiger partial charge is 0.395 e. The zero-order valence-electron chi connectivity index (χ0n) is 11.6. The van der Waals surface area contributed by atoms with Crippen LogP contribution in [0.15, 0.2) is 36.7 Å². The van der Waals surface area contributed by atoms with Crippen LogP contribution >= 0.6 is 0 Å². The number of aliphatic hydroxyl groups excluding tert-OH is 1. The summed E-state index contributed by atoms with van der Waals surface area (Å²) in [6.45, 7) is 1.92. The number of rotatable bonds is 3. The van der Waals surface area contributed by atoms with Crippen molar-refractivity contribution in [3.63, 3.8) is 0 Å². The standard InChI is InChI=1S/C16H15N3O2/c1-12-9-13(5-2-3-8-20)11-14(10-12)15(21)19-16-17-6-4-7-18-16/h4,6-7,9-11,20H,3,8H2,1H3,(H,17,18,19,21). The first kappa shape index (κ1) is 14.7. The van der Waals surface area contributed by atoms with Crippen molar-refractivity contribution >= 4 is 11.9 Å².